The van der Waals surface area contributed by atoms with Crippen LogP contribution in [0.2, 0.25) is 0 Å². The molecule has 90 valence electrons. The van der Waals surface area contributed by atoms with E-state index >= 15 is 0 Å². The summed E-state index contributed by atoms with van der Waals surface area (Å²) in [7, 11) is 1.71. The lowest BCUT2D eigenvalue weighted by Gasteiger charge is -2.15. The second-order valence-electron chi connectivity index (χ2n) is 4.34. The summed E-state index contributed by atoms with van der Waals surface area (Å²) in [6.07, 6.45) is 1.84. The van der Waals surface area contributed by atoms with E-state index in [0.717, 1.165) is 18.6 Å². The third kappa shape index (κ3) is 2.42. The molecular formula is C15H19NO. The molecule has 0 saturated heterocycles. The molecule has 0 fully saturated rings. The third-order valence-electron chi connectivity index (χ3n) is 3.21. The fraction of sp³-hybridized carbons (Fsp3) is 0.333. The Morgan fingerprint density at radius 1 is 1.18 bits per heavy atom. The maximum Gasteiger partial charge on any atom is 0.122 e. The predicted molar refractivity (Wildman–Crippen MR) is 72.5 cm³/mol. The Morgan fingerprint density at radius 3 is 2.65 bits per heavy atom. The molecule has 0 aromatic heterocycles. The number of benzene rings is 2. The van der Waals surface area contributed by atoms with Crippen LogP contribution in [0.15, 0.2) is 36.4 Å². The zero-order valence-corrected chi connectivity index (χ0v) is 10.4. The number of fused-ring (bicyclic) bond motifs is 1. The number of rotatable bonds is 4. The van der Waals surface area contributed by atoms with Crippen LogP contribution < -0.4 is 10.5 Å². The summed E-state index contributed by atoms with van der Waals surface area (Å²) in [5, 5.41) is 2.49. The van der Waals surface area contributed by atoms with Crippen LogP contribution in [0.3, 0.4) is 0 Å². The first kappa shape index (κ1) is 11.9. The molecule has 0 saturated carbocycles. The Morgan fingerprint density at radius 2 is 1.94 bits per heavy atom. The summed E-state index contributed by atoms with van der Waals surface area (Å²) in [6, 6.07) is 12.7. The van der Waals surface area contributed by atoms with Crippen LogP contribution in [-0.2, 0) is 6.42 Å². The van der Waals surface area contributed by atoms with Crippen molar-refractivity contribution in [3.05, 3.63) is 42.0 Å². The highest BCUT2D eigenvalue weighted by Crippen LogP contribution is 2.29. The van der Waals surface area contributed by atoms with Gasteiger partial charge >= 0.3 is 0 Å². The average molecular weight is 229 g/mol. The Bertz CT molecular complexity index is 507. The van der Waals surface area contributed by atoms with E-state index in [1.807, 2.05) is 6.07 Å². The lowest BCUT2D eigenvalue weighted by atomic mass is 9.97. The molecule has 2 rings (SSSR count). The van der Waals surface area contributed by atoms with Gasteiger partial charge in [0.05, 0.1) is 7.11 Å². The highest BCUT2D eigenvalue weighted by Gasteiger charge is 2.11. The van der Waals surface area contributed by atoms with Gasteiger partial charge in [0.25, 0.3) is 0 Å². The van der Waals surface area contributed by atoms with Crippen molar-refractivity contribution >= 4 is 10.8 Å². The molecule has 0 bridgehead atoms. The largest absolute Gasteiger partial charge is 0.496 e. The first-order valence-electron chi connectivity index (χ1n) is 6.06. The summed E-state index contributed by atoms with van der Waals surface area (Å²) < 4.78 is 5.44. The summed E-state index contributed by atoms with van der Waals surface area (Å²) in [5.41, 5.74) is 7.29. The van der Waals surface area contributed by atoms with Crippen molar-refractivity contribution in [2.45, 2.75) is 25.8 Å². The topological polar surface area (TPSA) is 35.2 Å². The standard InChI is InChI=1S/C15H19NO/c1-3-12(16)10-14-13-7-5-4-6-11(13)8-9-15(14)17-2/h4-9,12H,3,10,16H2,1-2H3. The van der Waals surface area contributed by atoms with E-state index in [1.54, 1.807) is 7.11 Å². The maximum absolute atomic E-state index is 6.06. The number of methoxy groups -OCH3 is 1. The van der Waals surface area contributed by atoms with Gasteiger partial charge in [-0.25, -0.2) is 0 Å². The molecule has 2 aromatic rings. The van der Waals surface area contributed by atoms with Crippen molar-refractivity contribution < 1.29 is 4.74 Å². The van der Waals surface area contributed by atoms with E-state index in [-0.39, 0.29) is 6.04 Å². The van der Waals surface area contributed by atoms with Gasteiger partial charge in [0.1, 0.15) is 5.75 Å². The molecule has 0 spiro atoms. The van der Waals surface area contributed by atoms with Crippen LogP contribution >= 0.6 is 0 Å². The van der Waals surface area contributed by atoms with E-state index in [4.69, 9.17) is 10.5 Å². The molecule has 1 unspecified atom stereocenters. The van der Waals surface area contributed by atoms with Crippen LogP contribution in [0.25, 0.3) is 10.8 Å². The summed E-state index contributed by atoms with van der Waals surface area (Å²) >= 11 is 0. The number of hydrogen-bond donors (Lipinski definition) is 1. The minimum absolute atomic E-state index is 0.190. The second-order valence-corrected chi connectivity index (χ2v) is 4.34. The quantitative estimate of drug-likeness (QED) is 0.874. The van der Waals surface area contributed by atoms with Gasteiger partial charge in [0.2, 0.25) is 0 Å². The second kappa shape index (κ2) is 5.19. The first-order valence-corrected chi connectivity index (χ1v) is 6.06. The maximum atomic E-state index is 6.06. The van der Waals surface area contributed by atoms with Crippen molar-refractivity contribution in [3.8, 4) is 5.75 Å². The molecular weight excluding hydrogens is 210 g/mol. The molecule has 2 heteroatoms. The van der Waals surface area contributed by atoms with E-state index in [2.05, 4.69) is 37.3 Å². The van der Waals surface area contributed by atoms with Gasteiger partial charge in [-0.3, -0.25) is 0 Å². The molecule has 2 N–H and O–H groups in total. The van der Waals surface area contributed by atoms with E-state index < -0.39 is 0 Å². The first-order chi connectivity index (χ1) is 8.26. The Hall–Kier alpha value is -1.54. The lowest BCUT2D eigenvalue weighted by molar-refractivity contribution is 0.408. The number of ether oxygens (including phenoxy) is 1. The molecule has 0 aliphatic rings. The van der Waals surface area contributed by atoms with Crippen molar-refractivity contribution in [3.63, 3.8) is 0 Å². The zero-order chi connectivity index (χ0) is 12.3. The predicted octanol–water partition coefficient (Wildman–Crippen LogP) is 3.13. The fourth-order valence-electron chi connectivity index (χ4n) is 2.12. The van der Waals surface area contributed by atoms with Crippen molar-refractivity contribution in [1.29, 1.82) is 0 Å². The fourth-order valence-corrected chi connectivity index (χ4v) is 2.12. The molecule has 2 aromatic carbocycles. The normalized spacial score (nSPS) is 12.6. The van der Waals surface area contributed by atoms with Crippen LogP contribution in [-0.4, -0.2) is 13.2 Å². The summed E-state index contributed by atoms with van der Waals surface area (Å²) in [4.78, 5) is 0. The molecule has 0 heterocycles. The van der Waals surface area contributed by atoms with Crippen LogP contribution in [0.5, 0.6) is 5.75 Å². The monoisotopic (exact) mass is 229 g/mol. The van der Waals surface area contributed by atoms with Crippen LogP contribution in [0.1, 0.15) is 18.9 Å². The van der Waals surface area contributed by atoms with E-state index in [1.165, 1.54) is 16.3 Å². The molecule has 0 aliphatic heterocycles. The minimum Gasteiger partial charge on any atom is -0.496 e. The van der Waals surface area contributed by atoms with Crippen LogP contribution in [0, 0.1) is 0 Å². The van der Waals surface area contributed by atoms with Gasteiger partial charge in [-0.15, -0.1) is 0 Å². The van der Waals surface area contributed by atoms with Crippen molar-refractivity contribution in [2.75, 3.05) is 7.11 Å². The minimum atomic E-state index is 0.190. The average Bonchev–Trinajstić information content (AvgIpc) is 2.39. The molecule has 17 heavy (non-hydrogen) atoms. The van der Waals surface area contributed by atoms with Gasteiger partial charge in [-0.05, 0) is 29.7 Å². The molecule has 2 nitrogen and oxygen atoms in total. The summed E-state index contributed by atoms with van der Waals surface area (Å²) in [5.74, 6) is 0.938. The smallest absolute Gasteiger partial charge is 0.122 e. The third-order valence-corrected chi connectivity index (χ3v) is 3.21. The Balaban J connectivity index is 2.54. The number of nitrogens with two attached hydrogens (primary N) is 1. The highest BCUT2D eigenvalue weighted by atomic mass is 16.5. The lowest BCUT2D eigenvalue weighted by Crippen LogP contribution is -2.21. The SMILES string of the molecule is CCC(N)Cc1c(OC)ccc2ccccc12. The van der Waals surface area contributed by atoms with Gasteiger partial charge in [-0.1, -0.05) is 37.3 Å². The van der Waals surface area contributed by atoms with Gasteiger partial charge in [-0.2, -0.15) is 0 Å². The summed E-state index contributed by atoms with van der Waals surface area (Å²) in [6.45, 7) is 2.11. The Kier molecular flexibility index (Phi) is 3.64. The number of hydrogen-bond acceptors (Lipinski definition) is 2. The van der Waals surface area contributed by atoms with Gasteiger partial charge < -0.3 is 10.5 Å². The molecule has 0 aliphatic carbocycles. The Labute approximate surface area is 102 Å². The highest BCUT2D eigenvalue weighted by molar-refractivity contribution is 5.87. The van der Waals surface area contributed by atoms with Crippen molar-refractivity contribution in [2.24, 2.45) is 5.73 Å². The molecule has 0 amide bonds. The van der Waals surface area contributed by atoms with Crippen molar-refractivity contribution in [1.82, 2.24) is 0 Å². The van der Waals surface area contributed by atoms with E-state index in [9.17, 15) is 0 Å². The zero-order valence-electron chi connectivity index (χ0n) is 10.4. The molecule has 1 atom stereocenters. The van der Waals surface area contributed by atoms with Gasteiger partial charge in [0.15, 0.2) is 0 Å². The van der Waals surface area contributed by atoms with Crippen LogP contribution in [0.4, 0.5) is 0 Å². The molecule has 0 radical (unpaired) electrons. The van der Waals surface area contributed by atoms with Gasteiger partial charge in [0, 0.05) is 11.6 Å². The van der Waals surface area contributed by atoms with E-state index in [0.29, 0.717) is 0 Å².